The predicted octanol–water partition coefficient (Wildman–Crippen LogP) is 4.64. The third-order valence-corrected chi connectivity index (χ3v) is 7.65. The minimum atomic E-state index is -3.40. The SMILES string of the molecule is Br.O=S(=O)(c1ccc(-c2csc(Nc3ccc4c(c3)OCO4)n2)cc1)N1CCCC1. The number of nitrogens with zero attached hydrogens (tertiary/aromatic N) is 2. The molecule has 0 bridgehead atoms. The van der Waals surface area contributed by atoms with E-state index in [2.05, 4.69) is 10.3 Å². The number of aromatic nitrogens is 1. The van der Waals surface area contributed by atoms with Crippen molar-refractivity contribution < 1.29 is 17.9 Å². The van der Waals surface area contributed by atoms with Gasteiger partial charge in [0, 0.05) is 35.8 Å². The third-order valence-electron chi connectivity index (χ3n) is 4.98. The lowest BCUT2D eigenvalue weighted by Crippen LogP contribution is -2.27. The molecule has 30 heavy (non-hydrogen) atoms. The van der Waals surface area contributed by atoms with Gasteiger partial charge in [0.2, 0.25) is 16.8 Å². The van der Waals surface area contributed by atoms with Gasteiger partial charge in [-0.3, -0.25) is 0 Å². The molecule has 158 valence electrons. The second-order valence-corrected chi connectivity index (χ2v) is 9.66. The number of hydrogen-bond acceptors (Lipinski definition) is 7. The monoisotopic (exact) mass is 509 g/mol. The van der Waals surface area contributed by atoms with Crippen molar-refractivity contribution >= 4 is 49.2 Å². The van der Waals surface area contributed by atoms with E-state index in [1.807, 2.05) is 35.7 Å². The Morgan fingerprint density at radius 3 is 2.50 bits per heavy atom. The average Bonchev–Trinajstić information content (AvgIpc) is 3.49. The minimum Gasteiger partial charge on any atom is -0.454 e. The zero-order valence-corrected chi connectivity index (χ0v) is 19.3. The molecular weight excluding hydrogens is 490 g/mol. The van der Waals surface area contributed by atoms with Crippen LogP contribution >= 0.6 is 28.3 Å². The van der Waals surface area contributed by atoms with Gasteiger partial charge >= 0.3 is 0 Å². The van der Waals surface area contributed by atoms with Crippen molar-refractivity contribution in [3.8, 4) is 22.8 Å². The van der Waals surface area contributed by atoms with Crippen LogP contribution in [0, 0.1) is 0 Å². The molecular formula is C20H20BrN3O4S2. The van der Waals surface area contributed by atoms with Crippen LogP contribution in [0.3, 0.4) is 0 Å². The molecule has 1 N–H and O–H groups in total. The summed E-state index contributed by atoms with van der Waals surface area (Å²) in [6, 6.07) is 12.6. The van der Waals surface area contributed by atoms with E-state index in [4.69, 9.17) is 9.47 Å². The van der Waals surface area contributed by atoms with Crippen LogP contribution in [0.4, 0.5) is 10.8 Å². The van der Waals surface area contributed by atoms with Gasteiger partial charge in [-0.1, -0.05) is 12.1 Å². The van der Waals surface area contributed by atoms with Crippen LogP contribution in [0.1, 0.15) is 12.8 Å². The Morgan fingerprint density at radius 1 is 1.00 bits per heavy atom. The number of benzene rings is 2. The molecule has 0 radical (unpaired) electrons. The van der Waals surface area contributed by atoms with Crippen molar-refractivity contribution in [2.45, 2.75) is 17.7 Å². The Labute approximate surface area is 189 Å². The van der Waals surface area contributed by atoms with Crippen molar-refractivity contribution in [3.63, 3.8) is 0 Å². The second kappa shape index (κ2) is 8.54. The van der Waals surface area contributed by atoms with Gasteiger partial charge in [-0.15, -0.1) is 28.3 Å². The largest absolute Gasteiger partial charge is 0.454 e. The highest BCUT2D eigenvalue weighted by molar-refractivity contribution is 8.93. The number of halogens is 1. The van der Waals surface area contributed by atoms with E-state index in [1.54, 1.807) is 16.4 Å². The smallest absolute Gasteiger partial charge is 0.243 e. The molecule has 5 rings (SSSR count). The fourth-order valence-electron chi connectivity index (χ4n) is 3.44. The van der Waals surface area contributed by atoms with Crippen LogP contribution in [-0.4, -0.2) is 37.6 Å². The Hall–Kier alpha value is -2.14. The average molecular weight is 510 g/mol. The van der Waals surface area contributed by atoms with E-state index in [0.717, 1.165) is 40.7 Å². The fraction of sp³-hybridized carbons (Fsp3) is 0.250. The van der Waals surface area contributed by atoms with Gasteiger partial charge in [-0.2, -0.15) is 4.31 Å². The summed E-state index contributed by atoms with van der Waals surface area (Å²) in [7, 11) is -3.40. The molecule has 0 unspecified atom stereocenters. The maximum absolute atomic E-state index is 12.7. The van der Waals surface area contributed by atoms with E-state index in [0.29, 0.717) is 23.7 Å². The summed E-state index contributed by atoms with van der Waals surface area (Å²) in [6.45, 7) is 1.44. The van der Waals surface area contributed by atoms with Gasteiger partial charge < -0.3 is 14.8 Å². The highest BCUT2D eigenvalue weighted by atomic mass is 79.9. The lowest BCUT2D eigenvalue weighted by Gasteiger charge is -2.15. The van der Waals surface area contributed by atoms with Crippen LogP contribution in [0.25, 0.3) is 11.3 Å². The van der Waals surface area contributed by atoms with Crippen molar-refractivity contribution in [1.82, 2.24) is 9.29 Å². The zero-order valence-electron chi connectivity index (χ0n) is 15.9. The molecule has 0 atom stereocenters. The van der Waals surface area contributed by atoms with Crippen LogP contribution in [0.15, 0.2) is 52.7 Å². The van der Waals surface area contributed by atoms with Gasteiger partial charge in [0.1, 0.15) is 0 Å². The van der Waals surface area contributed by atoms with E-state index in [9.17, 15) is 8.42 Å². The van der Waals surface area contributed by atoms with E-state index >= 15 is 0 Å². The van der Waals surface area contributed by atoms with Crippen molar-refractivity contribution in [1.29, 1.82) is 0 Å². The third kappa shape index (κ3) is 4.04. The Bertz CT molecular complexity index is 1140. The predicted molar refractivity (Wildman–Crippen MR) is 122 cm³/mol. The highest BCUT2D eigenvalue weighted by Gasteiger charge is 2.27. The summed E-state index contributed by atoms with van der Waals surface area (Å²) in [5.74, 6) is 1.45. The summed E-state index contributed by atoms with van der Waals surface area (Å²) in [4.78, 5) is 4.94. The van der Waals surface area contributed by atoms with Gasteiger partial charge in [0.25, 0.3) is 0 Å². The number of sulfonamides is 1. The number of anilines is 2. The van der Waals surface area contributed by atoms with Gasteiger partial charge in [-0.05, 0) is 37.1 Å². The molecule has 3 aromatic rings. The summed E-state index contributed by atoms with van der Waals surface area (Å²) in [5.41, 5.74) is 2.53. The van der Waals surface area contributed by atoms with Gasteiger partial charge in [0.05, 0.1) is 10.6 Å². The van der Waals surface area contributed by atoms with Crippen LogP contribution in [-0.2, 0) is 10.0 Å². The molecule has 1 aromatic heterocycles. The van der Waals surface area contributed by atoms with Crippen molar-refractivity contribution in [2.75, 3.05) is 25.2 Å². The van der Waals surface area contributed by atoms with Crippen molar-refractivity contribution in [2.24, 2.45) is 0 Å². The zero-order chi connectivity index (χ0) is 19.8. The van der Waals surface area contributed by atoms with Gasteiger partial charge in [-0.25, -0.2) is 13.4 Å². The number of thiazole rings is 1. The summed E-state index contributed by atoms with van der Waals surface area (Å²) >= 11 is 1.48. The number of nitrogens with one attached hydrogen (secondary N) is 1. The maximum Gasteiger partial charge on any atom is 0.243 e. The molecule has 0 saturated carbocycles. The molecule has 10 heteroatoms. The first-order valence-corrected chi connectivity index (χ1v) is 11.6. The van der Waals surface area contributed by atoms with Crippen LogP contribution in [0.5, 0.6) is 11.5 Å². The van der Waals surface area contributed by atoms with Crippen LogP contribution in [0.2, 0.25) is 0 Å². The molecule has 1 fully saturated rings. The summed E-state index contributed by atoms with van der Waals surface area (Å²) in [5, 5.41) is 5.95. The number of ether oxygens (including phenoxy) is 2. The fourth-order valence-corrected chi connectivity index (χ4v) is 5.69. The number of hydrogen-bond donors (Lipinski definition) is 1. The molecule has 2 aromatic carbocycles. The van der Waals surface area contributed by atoms with Crippen LogP contribution < -0.4 is 14.8 Å². The minimum absolute atomic E-state index is 0. The lowest BCUT2D eigenvalue weighted by molar-refractivity contribution is 0.174. The molecule has 0 spiro atoms. The Balaban J connectivity index is 0.00000218. The molecule has 3 heterocycles. The lowest BCUT2D eigenvalue weighted by atomic mass is 10.2. The molecule has 2 aliphatic heterocycles. The van der Waals surface area contributed by atoms with Gasteiger partial charge in [0.15, 0.2) is 16.6 Å². The first-order valence-electron chi connectivity index (χ1n) is 9.32. The highest BCUT2D eigenvalue weighted by Crippen LogP contribution is 2.36. The molecule has 1 saturated heterocycles. The standard InChI is InChI=1S/C20H19N3O4S2.BrH/c24-29(25,23-9-1-2-10-23)16-6-3-14(4-7-16)17-12-28-20(22-17)21-15-5-8-18-19(11-15)27-13-26-18;/h3-8,11-12H,1-2,9-10,13H2,(H,21,22);1H. The molecule has 2 aliphatic rings. The van der Waals surface area contributed by atoms with Crippen molar-refractivity contribution in [3.05, 3.63) is 47.8 Å². The number of rotatable bonds is 5. The summed E-state index contributed by atoms with van der Waals surface area (Å²) in [6.07, 6.45) is 1.85. The first kappa shape index (κ1) is 21.1. The normalized spacial score (nSPS) is 15.7. The Morgan fingerprint density at radius 2 is 1.73 bits per heavy atom. The first-order chi connectivity index (χ1) is 14.1. The molecule has 0 aliphatic carbocycles. The van der Waals surface area contributed by atoms with E-state index in [1.165, 1.54) is 11.3 Å². The Kier molecular flexibility index (Phi) is 6.01. The molecule has 7 nitrogen and oxygen atoms in total. The second-order valence-electron chi connectivity index (χ2n) is 6.87. The quantitative estimate of drug-likeness (QED) is 0.539. The van der Waals surface area contributed by atoms with E-state index < -0.39 is 10.0 Å². The number of fused-ring (bicyclic) bond motifs is 1. The van der Waals surface area contributed by atoms with E-state index in [-0.39, 0.29) is 23.8 Å². The molecule has 0 amide bonds. The summed E-state index contributed by atoms with van der Waals surface area (Å²) < 4.78 is 37.6. The topological polar surface area (TPSA) is 80.8 Å². The maximum atomic E-state index is 12.7.